The first-order valence-corrected chi connectivity index (χ1v) is 14.2. The van der Waals surface area contributed by atoms with Crippen LogP contribution >= 0.6 is 0 Å². The minimum atomic E-state index is -1.21. The van der Waals surface area contributed by atoms with E-state index >= 15 is 0 Å². The van der Waals surface area contributed by atoms with Crippen molar-refractivity contribution >= 4 is 17.7 Å². The third-order valence-corrected chi connectivity index (χ3v) is 8.76. The number of pyridine rings is 1. The Hall–Kier alpha value is -4.65. The Kier molecular flexibility index (Phi) is 7.66. The molecule has 2 N–H and O–H groups in total. The number of nitrogens with one attached hydrogen (secondary N) is 1. The largest absolute Gasteiger partial charge is 0.483 e. The number of carbonyl (C=O) groups excluding carboxylic acids is 3. The molecule has 230 valence electrons. The molecule has 1 spiro atoms. The summed E-state index contributed by atoms with van der Waals surface area (Å²) in [5.74, 6) is -5.60. The maximum absolute atomic E-state index is 14.3. The number of hydrogen-bond acceptors (Lipinski definition) is 6. The van der Waals surface area contributed by atoms with E-state index in [2.05, 4.69) is 5.32 Å². The number of benzene rings is 2. The van der Waals surface area contributed by atoms with Crippen LogP contribution in [0.15, 0.2) is 53.5 Å². The fourth-order valence-electron chi connectivity index (χ4n) is 6.55. The Labute approximate surface area is 249 Å². The highest BCUT2D eigenvalue weighted by molar-refractivity contribution is 5.99. The number of aliphatic hydroxyl groups excluding tert-OH is 1. The molecule has 6 rings (SSSR count). The second kappa shape index (κ2) is 11.5. The van der Waals surface area contributed by atoms with E-state index in [0.29, 0.717) is 37.1 Å². The summed E-state index contributed by atoms with van der Waals surface area (Å²) in [6.07, 6.45) is 2.45. The van der Waals surface area contributed by atoms with Crippen molar-refractivity contribution in [1.29, 1.82) is 0 Å². The van der Waals surface area contributed by atoms with Gasteiger partial charge in [-0.15, -0.1) is 0 Å². The molecular formula is C31H29F3N4O6. The lowest BCUT2D eigenvalue weighted by molar-refractivity contribution is -0.130. The standard InChI is InChI=1S/C31H29F3N4O6/c32-19-9-22(33)20(23(34)10-19)12-35-29(42)21-13-38-24-14-36(8-4-7-31(24)11-25(40)37(16-31)17-39)30(43)26(38)28(27(21)41)44-15-18-5-2-1-3-6-18/h1-3,5-6,9-10,13,24,39H,4,7-8,11-12,14-17H2,(H,35,42)/t24-,31+/m1/s1. The molecule has 0 radical (unpaired) electrons. The van der Waals surface area contributed by atoms with E-state index in [1.54, 1.807) is 35.2 Å². The van der Waals surface area contributed by atoms with E-state index in [0.717, 1.165) is 0 Å². The van der Waals surface area contributed by atoms with Gasteiger partial charge in [-0.3, -0.25) is 19.2 Å². The molecule has 2 aromatic carbocycles. The normalized spacial score (nSPS) is 21.0. The van der Waals surface area contributed by atoms with Crippen LogP contribution in [0, 0.1) is 22.9 Å². The van der Waals surface area contributed by atoms with Gasteiger partial charge < -0.3 is 29.5 Å². The van der Waals surface area contributed by atoms with E-state index in [9.17, 15) is 37.5 Å². The maximum atomic E-state index is 14.3. The van der Waals surface area contributed by atoms with Crippen LogP contribution in [-0.4, -0.2) is 63.6 Å². The van der Waals surface area contributed by atoms with Gasteiger partial charge in [-0.05, 0) is 18.4 Å². The average molecular weight is 611 g/mol. The number of halogens is 3. The van der Waals surface area contributed by atoms with Crippen molar-refractivity contribution in [3.63, 3.8) is 0 Å². The zero-order valence-corrected chi connectivity index (χ0v) is 23.5. The van der Waals surface area contributed by atoms with Gasteiger partial charge >= 0.3 is 0 Å². The van der Waals surface area contributed by atoms with E-state index < -0.39 is 70.6 Å². The van der Waals surface area contributed by atoms with Crippen LogP contribution in [0.4, 0.5) is 13.2 Å². The number of carbonyl (C=O) groups is 3. The summed E-state index contributed by atoms with van der Waals surface area (Å²) in [6, 6.07) is 9.29. The van der Waals surface area contributed by atoms with E-state index in [-0.39, 0.29) is 43.5 Å². The second-order valence-corrected chi connectivity index (χ2v) is 11.4. The molecule has 13 heteroatoms. The molecule has 0 saturated carbocycles. The van der Waals surface area contributed by atoms with Gasteiger partial charge in [0.15, 0.2) is 11.4 Å². The van der Waals surface area contributed by atoms with Crippen molar-refractivity contribution in [2.24, 2.45) is 5.41 Å². The summed E-state index contributed by atoms with van der Waals surface area (Å²) < 4.78 is 49.4. The monoisotopic (exact) mass is 610 g/mol. The fourth-order valence-corrected chi connectivity index (χ4v) is 6.55. The smallest absolute Gasteiger partial charge is 0.274 e. The van der Waals surface area contributed by atoms with Crippen molar-refractivity contribution in [3.8, 4) is 5.75 Å². The van der Waals surface area contributed by atoms with Crippen LogP contribution in [0.2, 0.25) is 0 Å². The summed E-state index contributed by atoms with van der Waals surface area (Å²) in [5, 5.41) is 12.1. The first-order chi connectivity index (χ1) is 21.1. The quantitative estimate of drug-likeness (QED) is 0.425. The number of nitrogens with zero attached hydrogens (tertiary/aromatic N) is 3. The van der Waals surface area contributed by atoms with E-state index in [1.807, 2.05) is 0 Å². The highest BCUT2D eigenvalue weighted by atomic mass is 19.1. The Balaban J connectivity index is 1.45. The number of aromatic nitrogens is 1. The Morgan fingerprint density at radius 3 is 2.50 bits per heavy atom. The summed E-state index contributed by atoms with van der Waals surface area (Å²) >= 11 is 0. The molecule has 0 aliphatic carbocycles. The number of aliphatic hydroxyl groups is 1. The fraction of sp³-hybridized carbons (Fsp3) is 0.355. The van der Waals surface area contributed by atoms with Crippen molar-refractivity contribution < 1.29 is 37.4 Å². The zero-order chi connectivity index (χ0) is 31.2. The van der Waals surface area contributed by atoms with Gasteiger partial charge in [-0.2, -0.15) is 0 Å². The molecule has 2 atom stereocenters. The first kappa shape index (κ1) is 29.4. The van der Waals surface area contributed by atoms with Gasteiger partial charge in [0.1, 0.15) is 36.4 Å². The number of hydrogen-bond donors (Lipinski definition) is 2. The molecule has 0 unspecified atom stereocenters. The number of amides is 3. The highest BCUT2D eigenvalue weighted by Crippen LogP contribution is 2.49. The summed E-state index contributed by atoms with van der Waals surface area (Å²) in [4.78, 5) is 56.9. The molecule has 3 aliphatic heterocycles. The highest BCUT2D eigenvalue weighted by Gasteiger charge is 2.53. The number of ether oxygens (including phenoxy) is 1. The van der Waals surface area contributed by atoms with Crippen molar-refractivity contribution in [2.75, 3.05) is 26.4 Å². The maximum Gasteiger partial charge on any atom is 0.274 e. The molecular weight excluding hydrogens is 581 g/mol. The van der Waals surface area contributed by atoms with Crippen molar-refractivity contribution in [2.45, 2.75) is 38.5 Å². The summed E-state index contributed by atoms with van der Waals surface area (Å²) in [6.45, 7) is -0.452. The molecule has 44 heavy (non-hydrogen) atoms. The number of likely N-dealkylation sites (tertiary alicyclic amines) is 1. The molecule has 3 aliphatic rings. The van der Waals surface area contributed by atoms with Gasteiger partial charge in [0.2, 0.25) is 11.3 Å². The Morgan fingerprint density at radius 2 is 1.82 bits per heavy atom. The van der Waals surface area contributed by atoms with Crippen LogP contribution < -0.4 is 15.5 Å². The van der Waals surface area contributed by atoms with Crippen LogP contribution in [0.3, 0.4) is 0 Å². The molecule has 1 aromatic heterocycles. The Bertz CT molecular complexity index is 1690. The van der Waals surface area contributed by atoms with E-state index in [4.69, 9.17) is 4.74 Å². The zero-order valence-electron chi connectivity index (χ0n) is 23.5. The van der Waals surface area contributed by atoms with Gasteiger partial charge in [0, 0.05) is 61.9 Å². The molecule has 2 bridgehead atoms. The number of rotatable bonds is 7. The van der Waals surface area contributed by atoms with Gasteiger partial charge in [-0.25, -0.2) is 13.2 Å². The molecule has 2 fully saturated rings. The SMILES string of the molecule is O=C(NCc1c(F)cc(F)cc1F)c1cn2c(c(OCc3ccccc3)c1=O)C(=O)N1CCC[C@@]3(CC(=O)N(CO)C3)[C@H]2C1. The van der Waals surface area contributed by atoms with Gasteiger partial charge in [0.25, 0.3) is 11.8 Å². The molecule has 4 heterocycles. The van der Waals surface area contributed by atoms with Gasteiger partial charge in [0.05, 0.1) is 6.04 Å². The lowest BCUT2D eigenvalue weighted by Gasteiger charge is -2.42. The van der Waals surface area contributed by atoms with Gasteiger partial charge in [-0.1, -0.05) is 30.3 Å². The minimum Gasteiger partial charge on any atom is -0.483 e. The van der Waals surface area contributed by atoms with Crippen LogP contribution in [0.25, 0.3) is 0 Å². The third kappa shape index (κ3) is 5.10. The predicted molar refractivity (Wildman–Crippen MR) is 149 cm³/mol. The minimum absolute atomic E-state index is 0.0643. The topological polar surface area (TPSA) is 121 Å². The van der Waals surface area contributed by atoms with Crippen LogP contribution in [0.5, 0.6) is 5.75 Å². The summed E-state index contributed by atoms with van der Waals surface area (Å²) in [7, 11) is 0. The second-order valence-electron chi connectivity index (χ2n) is 11.4. The van der Waals surface area contributed by atoms with Crippen LogP contribution in [-0.2, 0) is 17.9 Å². The molecule has 3 amide bonds. The lowest BCUT2D eigenvalue weighted by atomic mass is 9.75. The lowest BCUT2D eigenvalue weighted by Crippen LogP contribution is -2.49. The Morgan fingerprint density at radius 1 is 1.09 bits per heavy atom. The third-order valence-electron chi connectivity index (χ3n) is 8.76. The molecule has 10 nitrogen and oxygen atoms in total. The summed E-state index contributed by atoms with van der Waals surface area (Å²) in [5.41, 5.74) is -2.02. The van der Waals surface area contributed by atoms with Crippen molar-refractivity contribution in [3.05, 3.63) is 98.7 Å². The molecule has 2 saturated heterocycles. The predicted octanol–water partition coefficient (Wildman–Crippen LogP) is 2.73. The van der Waals surface area contributed by atoms with Crippen molar-refractivity contribution in [1.82, 2.24) is 19.7 Å². The van der Waals surface area contributed by atoms with E-state index in [1.165, 1.54) is 15.7 Å². The number of fused-ring (bicyclic) bond motifs is 5. The van der Waals surface area contributed by atoms with Crippen LogP contribution in [0.1, 0.15) is 57.3 Å². The average Bonchev–Trinajstić information content (AvgIpc) is 3.23. The molecule has 3 aromatic rings. The first-order valence-electron chi connectivity index (χ1n) is 14.2.